The van der Waals surface area contributed by atoms with Gasteiger partial charge < -0.3 is 11.1 Å². The second kappa shape index (κ2) is 32.9. The third-order valence-electron chi connectivity index (χ3n) is 7.51. The fourth-order valence-corrected chi connectivity index (χ4v) is 5.09. The Hall–Kier alpha value is -0.0800. The summed E-state index contributed by atoms with van der Waals surface area (Å²) in [4.78, 5) is 0. The molecule has 0 saturated carbocycles. The predicted octanol–water partition coefficient (Wildman–Crippen LogP) is 10.5. The number of nitrogens with one attached hydrogen (secondary N) is 1. The molecule has 0 aromatic heterocycles. The first-order chi connectivity index (χ1) is 16.9. The molecule has 2 nitrogen and oxygen atoms in total. The van der Waals surface area contributed by atoms with Crippen LogP contribution < -0.4 is 11.1 Å². The first kappa shape index (κ1) is 33.9. The van der Waals surface area contributed by atoms with E-state index in [1.54, 1.807) is 0 Å². The van der Waals surface area contributed by atoms with E-state index in [4.69, 9.17) is 5.73 Å². The molecule has 0 aromatic rings. The average molecular weight is 481 g/mol. The third-order valence-corrected chi connectivity index (χ3v) is 7.51. The molecule has 0 spiro atoms. The molecule has 0 saturated heterocycles. The van der Waals surface area contributed by atoms with E-state index in [1.165, 1.54) is 180 Å². The molecule has 0 bridgehead atoms. The molecular weight excluding hydrogens is 412 g/mol. The quantitative estimate of drug-likeness (QED) is 0.0968. The monoisotopic (exact) mass is 481 g/mol. The Kier molecular flexibility index (Phi) is 32.8. The summed E-state index contributed by atoms with van der Waals surface area (Å²) in [7, 11) is 0. The Morgan fingerprint density at radius 2 is 0.559 bits per heavy atom. The summed E-state index contributed by atoms with van der Waals surface area (Å²) in [5.74, 6) is 0. The molecule has 0 aliphatic heterocycles. The van der Waals surface area contributed by atoms with Gasteiger partial charge in [-0.2, -0.15) is 0 Å². The molecule has 0 radical (unpaired) electrons. The van der Waals surface area contributed by atoms with E-state index in [0.717, 1.165) is 19.5 Å². The van der Waals surface area contributed by atoms with Crippen molar-refractivity contribution in [3.63, 3.8) is 0 Å². The van der Waals surface area contributed by atoms with Gasteiger partial charge in [0.05, 0.1) is 0 Å². The largest absolute Gasteiger partial charge is 0.330 e. The zero-order valence-corrected chi connectivity index (χ0v) is 24.0. The lowest BCUT2D eigenvalue weighted by Crippen LogP contribution is -2.19. The van der Waals surface area contributed by atoms with Crippen LogP contribution in [0.3, 0.4) is 0 Å². The van der Waals surface area contributed by atoms with Crippen LogP contribution in [0.2, 0.25) is 0 Å². The minimum absolute atomic E-state index is 0.812. The Bertz CT molecular complexity index is 299. The van der Waals surface area contributed by atoms with Gasteiger partial charge in [-0.25, -0.2) is 0 Å². The van der Waals surface area contributed by atoms with Crippen LogP contribution in [0.5, 0.6) is 0 Å². The molecule has 0 heterocycles. The number of nitrogens with two attached hydrogens (primary N) is 1. The number of hydrogen-bond donors (Lipinski definition) is 2. The molecule has 34 heavy (non-hydrogen) atoms. The van der Waals surface area contributed by atoms with Crippen molar-refractivity contribution < 1.29 is 0 Å². The molecule has 0 rings (SSSR count). The van der Waals surface area contributed by atoms with Crippen molar-refractivity contribution >= 4 is 0 Å². The molecule has 0 aromatic carbocycles. The van der Waals surface area contributed by atoms with Crippen LogP contribution in [0.25, 0.3) is 0 Å². The molecule has 206 valence electrons. The van der Waals surface area contributed by atoms with Crippen LogP contribution in [0, 0.1) is 0 Å². The van der Waals surface area contributed by atoms with E-state index >= 15 is 0 Å². The van der Waals surface area contributed by atoms with Crippen molar-refractivity contribution in [1.29, 1.82) is 0 Å². The minimum Gasteiger partial charge on any atom is -0.330 e. The smallest absolute Gasteiger partial charge is 0.00369 e. The van der Waals surface area contributed by atoms with Crippen LogP contribution in [-0.4, -0.2) is 19.6 Å². The highest BCUT2D eigenvalue weighted by Crippen LogP contribution is 2.16. The normalized spacial score (nSPS) is 11.5. The van der Waals surface area contributed by atoms with E-state index in [-0.39, 0.29) is 0 Å². The third kappa shape index (κ3) is 31.9. The van der Waals surface area contributed by atoms with Crippen LogP contribution in [-0.2, 0) is 0 Å². The first-order valence-corrected chi connectivity index (χ1v) is 16.3. The maximum absolute atomic E-state index is 5.50. The summed E-state index contributed by atoms with van der Waals surface area (Å²) in [6.07, 6.45) is 40.6. The van der Waals surface area contributed by atoms with Gasteiger partial charge in [0, 0.05) is 0 Å². The van der Waals surface area contributed by atoms with Gasteiger partial charge in [-0.3, -0.25) is 0 Å². The summed E-state index contributed by atoms with van der Waals surface area (Å²) >= 11 is 0. The Morgan fingerprint density at radius 1 is 0.324 bits per heavy atom. The molecular formula is C32H68N2. The second-order valence-electron chi connectivity index (χ2n) is 11.1. The van der Waals surface area contributed by atoms with Gasteiger partial charge in [0.15, 0.2) is 0 Å². The first-order valence-electron chi connectivity index (χ1n) is 16.3. The Balaban J connectivity index is 2.99. The highest BCUT2D eigenvalue weighted by atomic mass is 14.8. The molecule has 0 aliphatic carbocycles. The maximum Gasteiger partial charge on any atom is -0.00369 e. The lowest BCUT2D eigenvalue weighted by molar-refractivity contribution is 0.513. The van der Waals surface area contributed by atoms with E-state index in [1.807, 2.05) is 0 Å². The van der Waals surface area contributed by atoms with Gasteiger partial charge in [-0.05, 0) is 32.5 Å². The molecule has 0 fully saturated rings. The van der Waals surface area contributed by atoms with Crippen LogP contribution in [0.4, 0.5) is 0 Å². The van der Waals surface area contributed by atoms with E-state index in [2.05, 4.69) is 12.2 Å². The second-order valence-corrected chi connectivity index (χ2v) is 11.1. The predicted molar refractivity (Wildman–Crippen MR) is 157 cm³/mol. The van der Waals surface area contributed by atoms with Gasteiger partial charge in [-0.1, -0.05) is 174 Å². The van der Waals surface area contributed by atoms with Crippen molar-refractivity contribution in [3.8, 4) is 0 Å². The van der Waals surface area contributed by atoms with Gasteiger partial charge in [-0.15, -0.1) is 0 Å². The van der Waals surface area contributed by atoms with Crippen LogP contribution in [0.1, 0.15) is 187 Å². The molecule has 0 aliphatic rings. The number of rotatable bonds is 31. The Labute approximate surface area is 217 Å². The zero-order valence-electron chi connectivity index (χ0n) is 24.0. The van der Waals surface area contributed by atoms with Gasteiger partial charge in [0.25, 0.3) is 0 Å². The molecule has 0 atom stereocenters. The fraction of sp³-hybridized carbons (Fsp3) is 1.00. The lowest BCUT2D eigenvalue weighted by atomic mass is 10.0. The highest BCUT2D eigenvalue weighted by Gasteiger charge is 1.96. The topological polar surface area (TPSA) is 38.0 Å². The molecule has 0 unspecified atom stereocenters. The van der Waals surface area contributed by atoms with E-state index < -0.39 is 0 Å². The molecule has 2 heteroatoms. The summed E-state index contributed by atoms with van der Waals surface area (Å²) in [5.41, 5.74) is 5.50. The minimum atomic E-state index is 0.812. The van der Waals surface area contributed by atoms with Crippen molar-refractivity contribution in [3.05, 3.63) is 0 Å². The van der Waals surface area contributed by atoms with Crippen molar-refractivity contribution in [2.45, 2.75) is 187 Å². The van der Waals surface area contributed by atoms with E-state index in [0.29, 0.717) is 0 Å². The fourth-order valence-electron chi connectivity index (χ4n) is 5.09. The Morgan fingerprint density at radius 3 is 0.824 bits per heavy atom. The lowest BCUT2D eigenvalue weighted by Gasteiger charge is -2.05. The summed E-state index contributed by atoms with van der Waals surface area (Å²) in [6.45, 7) is 5.39. The van der Waals surface area contributed by atoms with Crippen molar-refractivity contribution in [2.24, 2.45) is 5.73 Å². The number of hydrogen-bond acceptors (Lipinski definition) is 2. The highest BCUT2D eigenvalue weighted by molar-refractivity contribution is 4.53. The van der Waals surface area contributed by atoms with Crippen LogP contribution in [0.15, 0.2) is 0 Å². The molecule has 3 N–H and O–H groups in total. The summed E-state index contributed by atoms with van der Waals surface area (Å²) in [6, 6.07) is 0. The van der Waals surface area contributed by atoms with Crippen molar-refractivity contribution in [1.82, 2.24) is 5.32 Å². The summed E-state index contributed by atoms with van der Waals surface area (Å²) < 4.78 is 0. The summed E-state index contributed by atoms with van der Waals surface area (Å²) in [5, 5.41) is 3.48. The van der Waals surface area contributed by atoms with Gasteiger partial charge in [0.1, 0.15) is 0 Å². The number of unbranched alkanes of at least 4 members (excludes halogenated alkanes) is 26. The standard InChI is InChI=1S/C32H68N2/c1-2-3-4-5-6-7-8-9-10-11-12-13-14-15-16-17-18-19-20-21-22-23-24-25-26-27-28-31-34-32-29-30-33/h34H,2-33H2,1H3. The SMILES string of the molecule is CCCCCCCCCCCCCCCCCCCCCCCCCCCCCNCCCN. The van der Waals surface area contributed by atoms with E-state index in [9.17, 15) is 0 Å². The van der Waals surface area contributed by atoms with Gasteiger partial charge in [0.2, 0.25) is 0 Å². The average Bonchev–Trinajstić information content (AvgIpc) is 2.85. The van der Waals surface area contributed by atoms with Crippen molar-refractivity contribution in [2.75, 3.05) is 19.6 Å². The van der Waals surface area contributed by atoms with Gasteiger partial charge >= 0.3 is 0 Å². The molecule has 0 amide bonds. The zero-order chi connectivity index (χ0) is 24.6. The van der Waals surface area contributed by atoms with Crippen LogP contribution >= 0.6 is 0 Å². The maximum atomic E-state index is 5.50.